The molecule has 15 heavy (non-hydrogen) atoms. The van der Waals surface area contributed by atoms with E-state index >= 15 is 0 Å². The smallest absolute Gasteiger partial charge is 0.206 e. The Labute approximate surface area is 95.0 Å². The summed E-state index contributed by atoms with van der Waals surface area (Å²) >= 11 is 3.33. The van der Waals surface area contributed by atoms with Gasteiger partial charge in [-0.15, -0.1) is 0 Å². The maximum Gasteiger partial charge on any atom is 0.206 e. The lowest BCUT2D eigenvalue weighted by molar-refractivity contribution is 0.558. The molecule has 1 heterocycles. The van der Waals surface area contributed by atoms with Gasteiger partial charge in [0.25, 0.3) is 0 Å². The molecule has 3 rings (SSSR count). The lowest BCUT2D eigenvalue weighted by atomic mass is 10.1. The van der Waals surface area contributed by atoms with Crippen LogP contribution in [0.2, 0.25) is 0 Å². The first-order chi connectivity index (χ1) is 7.36. The van der Waals surface area contributed by atoms with E-state index in [0.29, 0.717) is 5.33 Å². The van der Waals surface area contributed by atoms with Crippen LogP contribution < -0.4 is 0 Å². The molecule has 2 nitrogen and oxygen atoms in total. The second kappa shape index (κ2) is 3.35. The standard InChI is InChI=1S/C12H8BrNO/c13-7-12-14-10-5-8-3-1-2-4-9(8)6-11(10)15-12/h1-6H,7H2. The van der Waals surface area contributed by atoms with Gasteiger partial charge in [0.05, 0.1) is 5.33 Å². The molecule has 0 spiro atoms. The van der Waals surface area contributed by atoms with E-state index in [-0.39, 0.29) is 0 Å². The van der Waals surface area contributed by atoms with Gasteiger partial charge < -0.3 is 4.42 Å². The van der Waals surface area contributed by atoms with Crippen molar-refractivity contribution >= 4 is 37.8 Å². The van der Waals surface area contributed by atoms with Crippen LogP contribution in [0, 0.1) is 0 Å². The van der Waals surface area contributed by atoms with Crippen molar-refractivity contribution in [2.75, 3.05) is 0 Å². The number of hydrogen-bond acceptors (Lipinski definition) is 2. The Morgan fingerprint density at radius 2 is 1.87 bits per heavy atom. The maximum absolute atomic E-state index is 5.57. The highest BCUT2D eigenvalue weighted by atomic mass is 79.9. The average Bonchev–Trinajstić information content (AvgIpc) is 2.67. The molecule has 0 radical (unpaired) electrons. The van der Waals surface area contributed by atoms with Gasteiger partial charge in [0.2, 0.25) is 5.89 Å². The summed E-state index contributed by atoms with van der Waals surface area (Å²) in [5, 5.41) is 3.03. The number of nitrogens with zero attached hydrogens (tertiary/aromatic N) is 1. The summed E-state index contributed by atoms with van der Waals surface area (Å²) in [5.41, 5.74) is 1.77. The van der Waals surface area contributed by atoms with E-state index in [1.165, 1.54) is 10.8 Å². The SMILES string of the molecule is BrCc1nc2cc3ccccc3cc2o1. The first kappa shape index (κ1) is 8.92. The van der Waals surface area contributed by atoms with E-state index in [1.807, 2.05) is 18.2 Å². The number of fused-ring (bicyclic) bond motifs is 2. The second-order valence-corrected chi connectivity index (χ2v) is 3.97. The van der Waals surface area contributed by atoms with E-state index in [2.05, 4.69) is 39.1 Å². The summed E-state index contributed by atoms with van der Waals surface area (Å²) in [6.07, 6.45) is 0. The largest absolute Gasteiger partial charge is 0.440 e. The molecule has 0 aliphatic rings. The van der Waals surface area contributed by atoms with Crippen LogP contribution in [0.25, 0.3) is 21.9 Å². The molecule has 0 saturated carbocycles. The van der Waals surface area contributed by atoms with Crippen LogP contribution in [0.3, 0.4) is 0 Å². The molecule has 0 unspecified atom stereocenters. The van der Waals surface area contributed by atoms with E-state index < -0.39 is 0 Å². The average molecular weight is 262 g/mol. The van der Waals surface area contributed by atoms with Gasteiger partial charge >= 0.3 is 0 Å². The normalized spacial score (nSPS) is 11.3. The Morgan fingerprint density at radius 3 is 2.60 bits per heavy atom. The maximum atomic E-state index is 5.57. The lowest BCUT2D eigenvalue weighted by Gasteiger charge is -1.94. The summed E-state index contributed by atoms with van der Waals surface area (Å²) in [6, 6.07) is 12.3. The molecule has 0 amide bonds. The van der Waals surface area contributed by atoms with Crippen molar-refractivity contribution in [3.63, 3.8) is 0 Å². The van der Waals surface area contributed by atoms with Gasteiger partial charge in [0.15, 0.2) is 5.58 Å². The van der Waals surface area contributed by atoms with E-state index in [4.69, 9.17) is 4.42 Å². The van der Waals surface area contributed by atoms with Crippen LogP contribution in [0.15, 0.2) is 40.8 Å². The molecule has 0 saturated heterocycles. The van der Waals surface area contributed by atoms with Crippen molar-refractivity contribution < 1.29 is 4.42 Å². The first-order valence-corrected chi connectivity index (χ1v) is 5.83. The summed E-state index contributed by atoms with van der Waals surface area (Å²) in [7, 11) is 0. The van der Waals surface area contributed by atoms with Crippen LogP contribution in [-0.4, -0.2) is 4.98 Å². The third kappa shape index (κ3) is 1.43. The van der Waals surface area contributed by atoms with Gasteiger partial charge in [-0.2, -0.15) is 0 Å². The molecular formula is C12H8BrNO. The molecule has 0 bridgehead atoms. The molecule has 1 aromatic heterocycles. The quantitative estimate of drug-likeness (QED) is 0.622. The monoisotopic (exact) mass is 261 g/mol. The van der Waals surface area contributed by atoms with Crippen molar-refractivity contribution in [2.45, 2.75) is 5.33 Å². The summed E-state index contributed by atoms with van der Waals surface area (Å²) in [6.45, 7) is 0. The number of halogens is 1. The fourth-order valence-electron chi connectivity index (χ4n) is 1.72. The first-order valence-electron chi connectivity index (χ1n) is 4.71. The van der Waals surface area contributed by atoms with Crippen LogP contribution in [0.5, 0.6) is 0 Å². The number of alkyl halides is 1. The van der Waals surface area contributed by atoms with Crippen molar-refractivity contribution in [2.24, 2.45) is 0 Å². The van der Waals surface area contributed by atoms with E-state index in [1.54, 1.807) is 0 Å². The molecule has 3 aromatic rings. The minimum Gasteiger partial charge on any atom is -0.440 e. The zero-order valence-electron chi connectivity index (χ0n) is 7.90. The number of oxazole rings is 1. The van der Waals surface area contributed by atoms with Gasteiger partial charge in [-0.1, -0.05) is 40.2 Å². The molecule has 0 N–H and O–H groups in total. The highest BCUT2D eigenvalue weighted by Gasteiger charge is 2.05. The topological polar surface area (TPSA) is 26.0 Å². The molecule has 3 heteroatoms. The zero-order chi connectivity index (χ0) is 10.3. The molecule has 0 fully saturated rings. The van der Waals surface area contributed by atoms with Crippen LogP contribution in [0.4, 0.5) is 0 Å². The van der Waals surface area contributed by atoms with Gasteiger partial charge in [0, 0.05) is 0 Å². The number of aromatic nitrogens is 1. The molecule has 74 valence electrons. The van der Waals surface area contributed by atoms with Gasteiger partial charge in [-0.3, -0.25) is 0 Å². The fraction of sp³-hybridized carbons (Fsp3) is 0.0833. The van der Waals surface area contributed by atoms with Crippen LogP contribution in [0.1, 0.15) is 5.89 Å². The zero-order valence-corrected chi connectivity index (χ0v) is 9.49. The van der Waals surface area contributed by atoms with Crippen molar-refractivity contribution in [1.29, 1.82) is 0 Å². The second-order valence-electron chi connectivity index (χ2n) is 3.41. The lowest BCUT2D eigenvalue weighted by Crippen LogP contribution is -1.74. The summed E-state index contributed by atoms with van der Waals surface area (Å²) < 4.78 is 5.57. The predicted molar refractivity (Wildman–Crippen MR) is 64.1 cm³/mol. The summed E-state index contributed by atoms with van der Waals surface area (Å²) in [4.78, 5) is 4.37. The Hall–Kier alpha value is -1.35. The number of rotatable bonds is 1. The van der Waals surface area contributed by atoms with Crippen LogP contribution >= 0.6 is 15.9 Å². The Kier molecular flexibility index (Phi) is 1.99. The van der Waals surface area contributed by atoms with Crippen molar-refractivity contribution in [3.8, 4) is 0 Å². The Morgan fingerprint density at radius 1 is 1.13 bits per heavy atom. The van der Waals surface area contributed by atoms with Gasteiger partial charge in [-0.05, 0) is 22.9 Å². The molecule has 0 atom stereocenters. The third-order valence-electron chi connectivity index (χ3n) is 2.41. The highest BCUT2D eigenvalue weighted by molar-refractivity contribution is 9.08. The predicted octanol–water partition coefficient (Wildman–Crippen LogP) is 3.88. The van der Waals surface area contributed by atoms with E-state index in [9.17, 15) is 0 Å². The fourth-order valence-corrected chi connectivity index (χ4v) is 1.96. The Bertz CT molecular complexity index is 577. The third-order valence-corrected chi connectivity index (χ3v) is 2.89. The minimum absolute atomic E-state index is 0.651. The highest BCUT2D eigenvalue weighted by Crippen LogP contribution is 2.23. The van der Waals surface area contributed by atoms with Crippen molar-refractivity contribution in [3.05, 3.63) is 42.3 Å². The molecule has 0 aliphatic carbocycles. The molecule has 0 aliphatic heterocycles. The van der Waals surface area contributed by atoms with Crippen LogP contribution in [-0.2, 0) is 5.33 Å². The summed E-state index contributed by atoms with van der Waals surface area (Å²) in [5.74, 6) is 0.723. The minimum atomic E-state index is 0.651. The Balaban J connectivity index is 2.39. The molecular weight excluding hydrogens is 254 g/mol. The van der Waals surface area contributed by atoms with E-state index in [0.717, 1.165) is 17.0 Å². The van der Waals surface area contributed by atoms with Gasteiger partial charge in [0.1, 0.15) is 5.52 Å². The molecule has 2 aromatic carbocycles. The number of benzene rings is 2. The number of hydrogen-bond donors (Lipinski definition) is 0. The van der Waals surface area contributed by atoms with Gasteiger partial charge in [-0.25, -0.2) is 4.98 Å². The van der Waals surface area contributed by atoms with Crippen molar-refractivity contribution in [1.82, 2.24) is 4.98 Å².